The Morgan fingerprint density at radius 3 is 2.74 bits per heavy atom. The molecule has 0 atom stereocenters. The molecule has 0 unspecified atom stereocenters. The third-order valence-corrected chi connectivity index (χ3v) is 7.07. The molecular formula is C18H21N5O2S2. The maximum Gasteiger partial charge on any atom is 0.264 e. The molecule has 7 nitrogen and oxygen atoms in total. The molecule has 0 bridgehead atoms. The van der Waals surface area contributed by atoms with Gasteiger partial charge in [-0.1, -0.05) is 0 Å². The van der Waals surface area contributed by atoms with Gasteiger partial charge in [-0.05, 0) is 25.8 Å². The van der Waals surface area contributed by atoms with Crippen LogP contribution in [-0.4, -0.2) is 51.5 Å². The second kappa shape index (κ2) is 7.05. The van der Waals surface area contributed by atoms with Gasteiger partial charge >= 0.3 is 0 Å². The van der Waals surface area contributed by atoms with Gasteiger partial charge in [-0.3, -0.25) is 9.59 Å². The highest BCUT2D eigenvalue weighted by atomic mass is 32.1. The summed E-state index contributed by atoms with van der Waals surface area (Å²) in [5.74, 6) is -0.00489. The van der Waals surface area contributed by atoms with Crippen LogP contribution in [0.15, 0.2) is 16.5 Å². The molecule has 1 aliphatic heterocycles. The number of fused-ring (bicyclic) bond motifs is 1. The zero-order chi connectivity index (χ0) is 19.1. The van der Waals surface area contributed by atoms with E-state index in [4.69, 9.17) is 0 Å². The van der Waals surface area contributed by atoms with Gasteiger partial charge in [0.2, 0.25) is 0 Å². The molecule has 1 saturated heterocycles. The van der Waals surface area contributed by atoms with E-state index in [9.17, 15) is 9.59 Å². The standard InChI is InChI=1S/C18H21N5O2S2/c1-11-9-26-18(20-11)23-6-4-5-22(7-8-23)17(25)14-12(2)13-15(27-14)19-10-21(3)16(13)24/h9-10H,4-8H2,1-3H3. The molecule has 4 heterocycles. The van der Waals surface area contributed by atoms with Gasteiger partial charge in [0.25, 0.3) is 11.5 Å². The summed E-state index contributed by atoms with van der Waals surface area (Å²) in [7, 11) is 1.68. The second-order valence-corrected chi connectivity index (χ2v) is 8.64. The molecule has 3 aromatic rings. The number of aryl methyl sites for hydroxylation is 3. The average molecular weight is 404 g/mol. The van der Waals surface area contributed by atoms with Crippen molar-refractivity contribution in [1.29, 1.82) is 0 Å². The maximum absolute atomic E-state index is 13.2. The van der Waals surface area contributed by atoms with Crippen molar-refractivity contribution in [3.05, 3.63) is 38.2 Å². The van der Waals surface area contributed by atoms with Gasteiger partial charge in [0, 0.05) is 38.6 Å². The summed E-state index contributed by atoms with van der Waals surface area (Å²) in [6, 6.07) is 0. The number of amides is 1. The molecule has 0 saturated carbocycles. The van der Waals surface area contributed by atoms with E-state index in [1.807, 2.05) is 18.7 Å². The Kier molecular flexibility index (Phi) is 4.73. The lowest BCUT2D eigenvalue weighted by Gasteiger charge is -2.21. The smallest absolute Gasteiger partial charge is 0.264 e. The van der Waals surface area contributed by atoms with Crippen LogP contribution in [0.3, 0.4) is 0 Å². The SMILES string of the molecule is Cc1csc(N2CCCN(C(=O)c3sc4ncn(C)c(=O)c4c3C)CC2)n1. The summed E-state index contributed by atoms with van der Waals surface area (Å²) in [6.45, 7) is 6.86. The fraction of sp³-hybridized carbons (Fsp3) is 0.444. The summed E-state index contributed by atoms with van der Waals surface area (Å²) in [4.78, 5) is 39.8. The quantitative estimate of drug-likeness (QED) is 0.657. The largest absolute Gasteiger partial charge is 0.346 e. The number of thiophene rings is 1. The lowest BCUT2D eigenvalue weighted by atomic mass is 10.2. The van der Waals surface area contributed by atoms with Crippen molar-refractivity contribution in [2.24, 2.45) is 7.05 Å². The molecule has 1 fully saturated rings. The van der Waals surface area contributed by atoms with E-state index in [-0.39, 0.29) is 11.5 Å². The molecule has 0 spiro atoms. The molecule has 4 rings (SSSR count). The Bertz CT molecular complexity index is 1070. The Hall–Kier alpha value is -2.26. The monoisotopic (exact) mass is 403 g/mol. The van der Waals surface area contributed by atoms with E-state index in [0.29, 0.717) is 28.2 Å². The predicted octanol–water partition coefficient (Wildman–Crippen LogP) is 2.42. The van der Waals surface area contributed by atoms with Crippen LogP contribution in [0.5, 0.6) is 0 Å². The van der Waals surface area contributed by atoms with Crippen molar-refractivity contribution >= 4 is 43.9 Å². The van der Waals surface area contributed by atoms with Crippen molar-refractivity contribution < 1.29 is 4.79 Å². The fourth-order valence-corrected chi connectivity index (χ4v) is 5.32. The molecule has 0 N–H and O–H groups in total. The van der Waals surface area contributed by atoms with Crippen LogP contribution < -0.4 is 10.5 Å². The average Bonchev–Trinajstić information content (AvgIpc) is 3.12. The van der Waals surface area contributed by atoms with Gasteiger partial charge in [-0.25, -0.2) is 9.97 Å². The van der Waals surface area contributed by atoms with Gasteiger partial charge in [0.1, 0.15) is 4.83 Å². The summed E-state index contributed by atoms with van der Waals surface area (Å²) in [6.07, 6.45) is 2.41. The fourth-order valence-electron chi connectivity index (χ4n) is 3.36. The normalized spacial score (nSPS) is 15.4. The first-order chi connectivity index (χ1) is 13.0. The van der Waals surface area contributed by atoms with Crippen LogP contribution >= 0.6 is 22.7 Å². The summed E-state index contributed by atoms with van der Waals surface area (Å²) >= 11 is 2.96. The van der Waals surface area contributed by atoms with Crippen molar-refractivity contribution in [3.8, 4) is 0 Å². The third kappa shape index (κ3) is 3.25. The number of aromatic nitrogens is 3. The van der Waals surface area contributed by atoms with Crippen LogP contribution in [0.2, 0.25) is 0 Å². The first-order valence-electron chi connectivity index (χ1n) is 8.87. The van der Waals surface area contributed by atoms with E-state index in [2.05, 4.69) is 20.2 Å². The van der Waals surface area contributed by atoms with Crippen molar-refractivity contribution in [1.82, 2.24) is 19.4 Å². The van der Waals surface area contributed by atoms with E-state index >= 15 is 0 Å². The van der Waals surface area contributed by atoms with Gasteiger partial charge in [0.05, 0.1) is 22.3 Å². The number of nitrogens with zero attached hydrogens (tertiary/aromatic N) is 5. The first-order valence-corrected chi connectivity index (χ1v) is 10.6. The van der Waals surface area contributed by atoms with E-state index < -0.39 is 0 Å². The lowest BCUT2D eigenvalue weighted by Crippen LogP contribution is -2.35. The number of anilines is 1. The minimum atomic E-state index is -0.103. The van der Waals surface area contributed by atoms with E-state index in [1.165, 1.54) is 22.2 Å². The van der Waals surface area contributed by atoms with Gasteiger partial charge in [0.15, 0.2) is 5.13 Å². The van der Waals surface area contributed by atoms with Crippen LogP contribution in [0.25, 0.3) is 10.2 Å². The number of hydrogen-bond acceptors (Lipinski definition) is 7. The Morgan fingerprint density at radius 2 is 2.00 bits per heavy atom. The topological polar surface area (TPSA) is 71.3 Å². The summed E-state index contributed by atoms with van der Waals surface area (Å²) in [5, 5.41) is 3.63. The zero-order valence-corrected chi connectivity index (χ0v) is 17.2. The third-order valence-electron chi connectivity index (χ3n) is 4.87. The van der Waals surface area contributed by atoms with Crippen LogP contribution in [0.4, 0.5) is 5.13 Å². The molecular weight excluding hydrogens is 382 g/mol. The Balaban J connectivity index is 1.58. The highest BCUT2D eigenvalue weighted by Crippen LogP contribution is 2.28. The van der Waals surface area contributed by atoms with Crippen molar-refractivity contribution in [2.45, 2.75) is 20.3 Å². The minimum Gasteiger partial charge on any atom is -0.346 e. The molecule has 27 heavy (non-hydrogen) atoms. The molecule has 1 amide bonds. The van der Waals surface area contributed by atoms with Crippen LogP contribution in [0, 0.1) is 13.8 Å². The summed E-state index contributed by atoms with van der Waals surface area (Å²) in [5.41, 5.74) is 1.67. The number of rotatable bonds is 2. The summed E-state index contributed by atoms with van der Waals surface area (Å²) < 4.78 is 1.45. The van der Waals surface area contributed by atoms with Crippen molar-refractivity contribution in [3.63, 3.8) is 0 Å². The van der Waals surface area contributed by atoms with Gasteiger partial charge in [-0.2, -0.15) is 0 Å². The van der Waals surface area contributed by atoms with E-state index in [1.54, 1.807) is 18.4 Å². The first kappa shape index (κ1) is 18.1. The highest BCUT2D eigenvalue weighted by Gasteiger charge is 2.26. The molecule has 142 valence electrons. The Labute approximate surface area is 164 Å². The molecule has 9 heteroatoms. The van der Waals surface area contributed by atoms with Crippen LogP contribution in [-0.2, 0) is 7.05 Å². The minimum absolute atomic E-state index is 0.00489. The number of thiazole rings is 1. The Morgan fingerprint density at radius 1 is 1.19 bits per heavy atom. The van der Waals surface area contributed by atoms with Gasteiger partial charge in [-0.15, -0.1) is 22.7 Å². The predicted molar refractivity (Wildman–Crippen MR) is 109 cm³/mol. The zero-order valence-electron chi connectivity index (χ0n) is 15.6. The number of carbonyl (C=O) groups excluding carboxylic acids is 1. The van der Waals surface area contributed by atoms with Crippen molar-refractivity contribution in [2.75, 3.05) is 31.1 Å². The van der Waals surface area contributed by atoms with Crippen LogP contribution in [0.1, 0.15) is 27.3 Å². The second-order valence-electron chi connectivity index (χ2n) is 6.80. The van der Waals surface area contributed by atoms with E-state index in [0.717, 1.165) is 35.9 Å². The highest BCUT2D eigenvalue weighted by molar-refractivity contribution is 7.20. The maximum atomic E-state index is 13.2. The molecule has 0 aliphatic carbocycles. The van der Waals surface area contributed by atoms with Gasteiger partial charge < -0.3 is 14.4 Å². The number of carbonyl (C=O) groups is 1. The molecule has 0 aromatic carbocycles. The lowest BCUT2D eigenvalue weighted by molar-refractivity contribution is 0.0771. The molecule has 0 radical (unpaired) electrons. The number of hydrogen-bond donors (Lipinski definition) is 0. The molecule has 1 aliphatic rings. The molecule has 3 aromatic heterocycles.